The van der Waals surface area contributed by atoms with Crippen LogP contribution >= 0.6 is 35.3 Å². The van der Waals surface area contributed by atoms with Gasteiger partial charge in [0.25, 0.3) is 0 Å². The number of halogens is 1. The molecular weight excluding hydrogens is 459 g/mol. The fraction of sp³-hybridized carbons (Fsp3) is 0.778. The predicted octanol–water partition coefficient (Wildman–Crippen LogP) is 2.11. The first-order valence-electron chi connectivity index (χ1n) is 9.37. The van der Waals surface area contributed by atoms with Gasteiger partial charge < -0.3 is 15.5 Å². The number of piperazine rings is 1. The molecule has 1 atom stereocenters. The Labute approximate surface area is 179 Å². The molecule has 8 heteroatoms. The minimum atomic E-state index is 0. The molecule has 2 N–H and O–H groups in total. The third kappa shape index (κ3) is 7.66. The molecule has 0 bridgehead atoms. The lowest BCUT2D eigenvalue weighted by Gasteiger charge is -2.35. The van der Waals surface area contributed by atoms with Crippen molar-refractivity contribution in [1.29, 1.82) is 0 Å². The molecule has 1 saturated heterocycles. The van der Waals surface area contributed by atoms with Crippen LogP contribution in [-0.2, 0) is 6.42 Å². The zero-order valence-corrected chi connectivity index (χ0v) is 20.0. The number of nitrogens with zero attached hydrogens (tertiary/aromatic N) is 4. The highest BCUT2D eigenvalue weighted by Crippen LogP contribution is 2.16. The molecule has 0 amide bonds. The summed E-state index contributed by atoms with van der Waals surface area (Å²) in [6, 6.07) is 0.480. The van der Waals surface area contributed by atoms with Crippen LogP contribution in [0.2, 0.25) is 0 Å². The second-order valence-electron chi connectivity index (χ2n) is 6.83. The van der Waals surface area contributed by atoms with E-state index in [4.69, 9.17) is 4.99 Å². The largest absolute Gasteiger partial charge is 0.357 e. The Kier molecular flexibility index (Phi) is 11.0. The Balaban J connectivity index is 0.00000338. The van der Waals surface area contributed by atoms with Gasteiger partial charge in [0.2, 0.25) is 0 Å². The van der Waals surface area contributed by atoms with Crippen molar-refractivity contribution in [2.45, 2.75) is 40.2 Å². The van der Waals surface area contributed by atoms with Crippen molar-refractivity contribution in [2.24, 2.45) is 4.99 Å². The van der Waals surface area contributed by atoms with Crippen LogP contribution in [0.3, 0.4) is 0 Å². The number of aryl methyl sites for hydroxylation is 2. The summed E-state index contributed by atoms with van der Waals surface area (Å²) in [5, 5.41) is 7.99. The summed E-state index contributed by atoms with van der Waals surface area (Å²) in [7, 11) is 2.19. The minimum Gasteiger partial charge on any atom is -0.357 e. The Hall–Kier alpha value is -0.450. The molecule has 0 spiro atoms. The van der Waals surface area contributed by atoms with Gasteiger partial charge in [0.1, 0.15) is 0 Å². The molecule has 6 nitrogen and oxygen atoms in total. The normalized spacial score (nSPS) is 17.7. The fourth-order valence-corrected chi connectivity index (χ4v) is 3.81. The van der Waals surface area contributed by atoms with Crippen molar-refractivity contribution in [3.8, 4) is 0 Å². The molecule has 0 radical (unpaired) electrons. The van der Waals surface area contributed by atoms with Crippen molar-refractivity contribution in [1.82, 2.24) is 25.4 Å². The molecule has 0 saturated carbocycles. The number of hydrogen-bond donors (Lipinski definition) is 2. The van der Waals surface area contributed by atoms with E-state index in [-0.39, 0.29) is 24.0 Å². The van der Waals surface area contributed by atoms with Gasteiger partial charge in [0.05, 0.1) is 17.2 Å². The Morgan fingerprint density at radius 3 is 2.50 bits per heavy atom. The average molecular weight is 494 g/mol. The first-order valence-corrected chi connectivity index (χ1v) is 10.2. The maximum atomic E-state index is 4.78. The van der Waals surface area contributed by atoms with Crippen molar-refractivity contribution >= 4 is 41.3 Å². The monoisotopic (exact) mass is 494 g/mol. The number of thiazole rings is 1. The summed E-state index contributed by atoms with van der Waals surface area (Å²) in [4.78, 5) is 15.6. The van der Waals surface area contributed by atoms with Crippen LogP contribution in [0.5, 0.6) is 0 Å². The standard InChI is InChI=1S/C18H34N6S.HI/c1-6-19-18(20-8-7-17-22-15(3)16(4)25-17)21-13-14(2)24-11-9-23(5)10-12-24;/h14H,6-13H2,1-5H3,(H2,19,20,21);1H. The molecular formula is C18H35IN6S. The van der Waals surface area contributed by atoms with Crippen LogP contribution in [0.4, 0.5) is 0 Å². The lowest BCUT2D eigenvalue weighted by Crippen LogP contribution is -2.49. The molecule has 2 rings (SSSR count). The molecule has 0 aliphatic carbocycles. The summed E-state index contributed by atoms with van der Waals surface area (Å²) < 4.78 is 0. The number of guanidine groups is 1. The van der Waals surface area contributed by atoms with Gasteiger partial charge in [-0.3, -0.25) is 9.89 Å². The van der Waals surface area contributed by atoms with Crippen LogP contribution in [0.25, 0.3) is 0 Å². The first-order chi connectivity index (χ1) is 12.0. The summed E-state index contributed by atoms with van der Waals surface area (Å²) in [5.74, 6) is 0.911. The molecule has 1 aromatic rings. The molecule has 2 heterocycles. The summed E-state index contributed by atoms with van der Waals surface area (Å²) in [5.41, 5.74) is 1.15. The lowest BCUT2D eigenvalue weighted by molar-refractivity contribution is 0.122. The van der Waals surface area contributed by atoms with Gasteiger partial charge in [-0.1, -0.05) is 0 Å². The molecule has 1 unspecified atom stereocenters. The van der Waals surface area contributed by atoms with E-state index in [0.717, 1.165) is 63.9 Å². The summed E-state index contributed by atoms with van der Waals surface area (Å²) in [6.07, 6.45) is 0.942. The average Bonchev–Trinajstić information content (AvgIpc) is 2.91. The van der Waals surface area contributed by atoms with Crippen LogP contribution in [0, 0.1) is 13.8 Å². The number of aliphatic imine (C=N–C) groups is 1. The van der Waals surface area contributed by atoms with Crippen molar-refractivity contribution < 1.29 is 0 Å². The van der Waals surface area contributed by atoms with E-state index in [0.29, 0.717) is 6.04 Å². The van der Waals surface area contributed by atoms with Gasteiger partial charge >= 0.3 is 0 Å². The van der Waals surface area contributed by atoms with Crippen LogP contribution in [0.15, 0.2) is 4.99 Å². The number of likely N-dealkylation sites (N-methyl/N-ethyl adjacent to an activating group) is 1. The molecule has 0 aromatic carbocycles. The van der Waals surface area contributed by atoms with Gasteiger partial charge in [-0.05, 0) is 34.7 Å². The van der Waals surface area contributed by atoms with E-state index in [1.807, 2.05) is 0 Å². The van der Waals surface area contributed by atoms with Crippen molar-refractivity contribution in [3.05, 3.63) is 15.6 Å². The van der Waals surface area contributed by atoms with Gasteiger partial charge in [0.15, 0.2) is 5.96 Å². The number of rotatable bonds is 7. The van der Waals surface area contributed by atoms with Crippen molar-refractivity contribution in [2.75, 3.05) is 52.9 Å². The Morgan fingerprint density at radius 1 is 1.23 bits per heavy atom. The van der Waals surface area contributed by atoms with Crippen LogP contribution in [-0.4, -0.2) is 79.6 Å². The van der Waals surface area contributed by atoms with E-state index in [2.05, 4.69) is 60.2 Å². The maximum absolute atomic E-state index is 4.78. The van der Waals surface area contributed by atoms with E-state index >= 15 is 0 Å². The highest BCUT2D eigenvalue weighted by Gasteiger charge is 2.18. The first kappa shape index (κ1) is 23.6. The van der Waals surface area contributed by atoms with Crippen molar-refractivity contribution in [3.63, 3.8) is 0 Å². The molecule has 1 aliphatic heterocycles. The lowest BCUT2D eigenvalue weighted by atomic mass is 10.2. The molecule has 1 aromatic heterocycles. The topological polar surface area (TPSA) is 55.8 Å². The number of nitrogens with one attached hydrogen (secondary N) is 2. The maximum Gasteiger partial charge on any atom is 0.191 e. The Morgan fingerprint density at radius 2 is 1.92 bits per heavy atom. The van der Waals surface area contributed by atoms with E-state index in [1.165, 1.54) is 9.88 Å². The predicted molar refractivity (Wildman–Crippen MR) is 123 cm³/mol. The van der Waals surface area contributed by atoms with Gasteiger partial charge in [-0.2, -0.15) is 0 Å². The number of hydrogen-bond acceptors (Lipinski definition) is 5. The van der Waals surface area contributed by atoms with Gasteiger partial charge in [-0.25, -0.2) is 4.98 Å². The van der Waals surface area contributed by atoms with Gasteiger partial charge in [0, 0.05) is 56.6 Å². The zero-order chi connectivity index (χ0) is 18.2. The highest BCUT2D eigenvalue weighted by atomic mass is 127. The second kappa shape index (κ2) is 12.1. The quantitative estimate of drug-likeness (QED) is 0.346. The number of aromatic nitrogens is 1. The summed E-state index contributed by atoms with van der Waals surface area (Å²) >= 11 is 1.79. The Bertz CT molecular complexity index is 534. The van der Waals surface area contributed by atoms with Gasteiger partial charge in [-0.15, -0.1) is 35.3 Å². The molecule has 150 valence electrons. The van der Waals surface area contributed by atoms with E-state index < -0.39 is 0 Å². The zero-order valence-electron chi connectivity index (χ0n) is 16.8. The third-order valence-electron chi connectivity index (χ3n) is 4.72. The molecule has 1 aliphatic rings. The molecule has 1 fully saturated rings. The van der Waals surface area contributed by atoms with E-state index in [1.54, 1.807) is 11.3 Å². The SMILES string of the molecule is CCNC(=NCC(C)N1CCN(C)CC1)NCCc1nc(C)c(C)s1.I. The third-order valence-corrected chi connectivity index (χ3v) is 5.86. The molecule has 26 heavy (non-hydrogen) atoms. The highest BCUT2D eigenvalue weighted by molar-refractivity contribution is 14.0. The van der Waals surface area contributed by atoms with Crippen LogP contribution in [0.1, 0.15) is 29.4 Å². The second-order valence-corrected chi connectivity index (χ2v) is 8.12. The fourth-order valence-electron chi connectivity index (χ4n) is 2.88. The van der Waals surface area contributed by atoms with Crippen LogP contribution < -0.4 is 10.6 Å². The smallest absolute Gasteiger partial charge is 0.191 e. The summed E-state index contributed by atoms with van der Waals surface area (Å²) in [6.45, 7) is 15.7. The van der Waals surface area contributed by atoms with E-state index in [9.17, 15) is 0 Å². The minimum absolute atomic E-state index is 0.